The smallest absolute Gasteiger partial charge is 0.192 e. The lowest BCUT2D eigenvalue weighted by Crippen LogP contribution is -2.37. The van der Waals surface area contributed by atoms with E-state index in [-0.39, 0.29) is 24.0 Å². The number of aromatic nitrogens is 1. The summed E-state index contributed by atoms with van der Waals surface area (Å²) < 4.78 is 0. The molecule has 4 nitrogen and oxygen atoms in total. The first-order valence-electron chi connectivity index (χ1n) is 6.19. The average Bonchev–Trinajstić information content (AvgIpc) is 2.84. The third kappa shape index (κ3) is 7.38. The Morgan fingerprint density at radius 1 is 1.47 bits per heavy atom. The maximum atomic E-state index is 5.21. The van der Waals surface area contributed by atoms with Gasteiger partial charge in [0.2, 0.25) is 0 Å². The van der Waals surface area contributed by atoms with Crippen LogP contribution in [0.1, 0.15) is 24.5 Å². The fourth-order valence-electron chi connectivity index (χ4n) is 1.38. The van der Waals surface area contributed by atoms with Gasteiger partial charge in [-0.25, -0.2) is 4.98 Å². The van der Waals surface area contributed by atoms with Crippen LogP contribution in [0.15, 0.2) is 10.4 Å². The molecular formula is C13H21IN4S. The number of terminal acetylenes is 1. The molecule has 0 saturated carbocycles. The van der Waals surface area contributed by atoms with E-state index in [0.29, 0.717) is 13.1 Å². The Hall–Kier alpha value is -0.810. The van der Waals surface area contributed by atoms with Gasteiger partial charge in [-0.1, -0.05) is 12.8 Å². The standard InChI is InChI=1S/C13H20N4S.HI/c1-4-8-15-13(14-6-3)16-9-7-11-10-18-12(5-2)17-11;/h1,10H,5-9H2,2-3H3,(H2,14,15,16);1H. The largest absolute Gasteiger partial charge is 0.357 e. The maximum Gasteiger partial charge on any atom is 0.192 e. The molecule has 0 bridgehead atoms. The average molecular weight is 392 g/mol. The summed E-state index contributed by atoms with van der Waals surface area (Å²) in [6, 6.07) is 0. The Balaban J connectivity index is 0.00000324. The highest BCUT2D eigenvalue weighted by Crippen LogP contribution is 2.10. The Bertz CT molecular complexity index is 423. The zero-order valence-corrected chi connectivity index (χ0v) is 14.5. The molecule has 0 fully saturated rings. The van der Waals surface area contributed by atoms with Crippen molar-refractivity contribution in [2.24, 2.45) is 4.99 Å². The molecule has 0 aliphatic carbocycles. The zero-order chi connectivity index (χ0) is 13.2. The Kier molecular flexibility index (Phi) is 10.6. The molecule has 0 amide bonds. The molecule has 0 aliphatic rings. The van der Waals surface area contributed by atoms with Gasteiger partial charge in [-0.05, 0) is 13.3 Å². The minimum absolute atomic E-state index is 0. The van der Waals surface area contributed by atoms with Crippen molar-refractivity contribution in [1.82, 2.24) is 15.6 Å². The van der Waals surface area contributed by atoms with Gasteiger partial charge in [0, 0.05) is 24.9 Å². The Morgan fingerprint density at radius 2 is 2.26 bits per heavy atom. The third-order valence-corrected chi connectivity index (χ3v) is 3.28. The number of nitrogens with one attached hydrogen (secondary N) is 2. The van der Waals surface area contributed by atoms with Gasteiger partial charge in [-0.15, -0.1) is 41.7 Å². The van der Waals surface area contributed by atoms with Crippen molar-refractivity contribution in [3.05, 3.63) is 16.1 Å². The molecule has 6 heteroatoms. The minimum Gasteiger partial charge on any atom is -0.357 e. The molecule has 0 spiro atoms. The number of hydrogen-bond donors (Lipinski definition) is 2. The molecule has 1 aromatic rings. The molecular weight excluding hydrogens is 371 g/mol. The fraction of sp³-hybridized carbons (Fsp3) is 0.538. The summed E-state index contributed by atoms with van der Waals surface area (Å²) >= 11 is 1.72. The normalized spacial score (nSPS) is 10.5. The molecule has 1 aromatic heterocycles. The van der Waals surface area contributed by atoms with Crippen LogP contribution >= 0.6 is 35.3 Å². The quantitative estimate of drug-likeness (QED) is 0.337. The molecule has 0 atom stereocenters. The van der Waals surface area contributed by atoms with Gasteiger partial charge in [0.1, 0.15) is 0 Å². The van der Waals surface area contributed by atoms with Gasteiger partial charge in [0.25, 0.3) is 0 Å². The van der Waals surface area contributed by atoms with Gasteiger partial charge in [0.15, 0.2) is 5.96 Å². The molecule has 0 radical (unpaired) electrons. The van der Waals surface area contributed by atoms with E-state index in [2.05, 4.69) is 38.8 Å². The van der Waals surface area contributed by atoms with E-state index in [4.69, 9.17) is 6.42 Å². The number of aliphatic imine (C=N–C) groups is 1. The second kappa shape index (κ2) is 11.1. The Labute approximate surface area is 136 Å². The lowest BCUT2D eigenvalue weighted by atomic mass is 10.3. The summed E-state index contributed by atoms with van der Waals surface area (Å²) in [7, 11) is 0. The van der Waals surface area contributed by atoms with Gasteiger partial charge in [-0.2, -0.15) is 0 Å². The molecule has 19 heavy (non-hydrogen) atoms. The lowest BCUT2D eigenvalue weighted by molar-refractivity contribution is 0.847. The first-order chi connectivity index (χ1) is 8.80. The number of nitrogens with zero attached hydrogens (tertiary/aromatic N) is 2. The monoisotopic (exact) mass is 392 g/mol. The molecule has 1 heterocycles. The Morgan fingerprint density at radius 3 is 2.84 bits per heavy atom. The van der Waals surface area contributed by atoms with Crippen molar-refractivity contribution in [2.45, 2.75) is 26.7 Å². The number of guanidine groups is 1. The van der Waals surface area contributed by atoms with E-state index in [1.165, 1.54) is 5.01 Å². The van der Waals surface area contributed by atoms with E-state index in [9.17, 15) is 0 Å². The second-order valence-corrected chi connectivity index (χ2v) is 4.60. The number of thiazole rings is 1. The predicted octanol–water partition coefficient (Wildman–Crippen LogP) is 2.05. The SMILES string of the molecule is C#CCNC(=NCCc1csc(CC)n1)NCC.I. The van der Waals surface area contributed by atoms with Crippen molar-refractivity contribution in [2.75, 3.05) is 19.6 Å². The highest BCUT2D eigenvalue weighted by Gasteiger charge is 2.00. The topological polar surface area (TPSA) is 49.3 Å². The van der Waals surface area contributed by atoms with Crippen molar-refractivity contribution in [1.29, 1.82) is 0 Å². The summed E-state index contributed by atoms with van der Waals surface area (Å²) in [6.45, 7) is 6.18. The number of rotatable bonds is 6. The van der Waals surface area contributed by atoms with Crippen LogP contribution in [-0.2, 0) is 12.8 Å². The molecule has 2 N–H and O–H groups in total. The first-order valence-corrected chi connectivity index (χ1v) is 7.07. The van der Waals surface area contributed by atoms with Crippen LogP contribution in [0.2, 0.25) is 0 Å². The van der Waals surface area contributed by atoms with Crippen molar-refractivity contribution >= 4 is 41.3 Å². The van der Waals surface area contributed by atoms with Crippen LogP contribution < -0.4 is 10.6 Å². The van der Waals surface area contributed by atoms with Crippen molar-refractivity contribution in [3.63, 3.8) is 0 Å². The zero-order valence-electron chi connectivity index (χ0n) is 11.4. The molecule has 0 unspecified atom stereocenters. The summed E-state index contributed by atoms with van der Waals surface area (Å²) in [5, 5.41) is 9.50. The van der Waals surface area contributed by atoms with E-state index >= 15 is 0 Å². The summed E-state index contributed by atoms with van der Waals surface area (Å²) in [5.41, 5.74) is 1.12. The molecule has 106 valence electrons. The van der Waals surface area contributed by atoms with Crippen LogP contribution in [0.25, 0.3) is 0 Å². The maximum absolute atomic E-state index is 5.21. The minimum atomic E-state index is 0. The molecule has 0 aromatic carbocycles. The summed E-state index contributed by atoms with van der Waals surface area (Å²) in [6.07, 6.45) is 7.07. The van der Waals surface area contributed by atoms with E-state index in [0.717, 1.165) is 31.0 Å². The van der Waals surface area contributed by atoms with E-state index in [1.54, 1.807) is 11.3 Å². The van der Waals surface area contributed by atoms with Gasteiger partial charge >= 0.3 is 0 Å². The fourth-order valence-corrected chi connectivity index (χ4v) is 2.16. The molecule has 1 rings (SSSR count). The van der Waals surface area contributed by atoms with E-state index in [1.807, 2.05) is 6.92 Å². The van der Waals surface area contributed by atoms with Gasteiger partial charge < -0.3 is 10.6 Å². The van der Waals surface area contributed by atoms with Crippen molar-refractivity contribution < 1.29 is 0 Å². The second-order valence-electron chi connectivity index (χ2n) is 3.65. The van der Waals surface area contributed by atoms with Crippen molar-refractivity contribution in [3.8, 4) is 12.3 Å². The first kappa shape index (κ1) is 18.2. The van der Waals surface area contributed by atoms with Crippen LogP contribution in [0.4, 0.5) is 0 Å². The summed E-state index contributed by atoms with van der Waals surface area (Å²) in [5.74, 6) is 3.30. The number of hydrogen-bond acceptors (Lipinski definition) is 3. The summed E-state index contributed by atoms with van der Waals surface area (Å²) in [4.78, 5) is 8.95. The molecule has 0 aliphatic heterocycles. The number of halogens is 1. The van der Waals surface area contributed by atoms with Crippen LogP contribution in [-0.4, -0.2) is 30.6 Å². The van der Waals surface area contributed by atoms with Crippen LogP contribution in [0.5, 0.6) is 0 Å². The lowest BCUT2D eigenvalue weighted by Gasteiger charge is -2.08. The predicted molar refractivity (Wildman–Crippen MR) is 93.4 cm³/mol. The highest BCUT2D eigenvalue weighted by molar-refractivity contribution is 14.0. The van der Waals surface area contributed by atoms with Gasteiger partial charge in [-0.3, -0.25) is 4.99 Å². The van der Waals surface area contributed by atoms with E-state index < -0.39 is 0 Å². The highest BCUT2D eigenvalue weighted by atomic mass is 127. The number of aryl methyl sites for hydroxylation is 1. The third-order valence-electron chi connectivity index (χ3n) is 2.24. The van der Waals surface area contributed by atoms with Crippen LogP contribution in [0.3, 0.4) is 0 Å². The van der Waals surface area contributed by atoms with Gasteiger partial charge in [0.05, 0.1) is 17.2 Å². The van der Waals surface area contributed by atoms with Crippen LogP contribution in [0, 0.1) is 12.3 Å². The molecule has 0 saturated heterocycles.